The lowest BCUT2D eigenvalue weighted by Gasteiger charge is -2.11. The lowest BCUT2D eigenvalue weighted by molar-refractivity contribution is -0.110. The number of ether oxygens (including phenoxy) is 1. The van der Waals surface area contributed by atoms with Crippen LogP contribution in [0.4, 0.5) is 0 Å². The molecule has 3 nitrogen and oxygen atoms in total. The molecule has 1 unspecified atom stereocenters. The van der Waals surface area contributed by atoms with Crippen LogP contribution in [0.15, 0.2) is 72.9 Å². The summed E-state index contributed by atoms with van der Waals surface area (Å²) < 4.78 is 5.60. The Labute approximate surface area is 126 Å². The van der Waals surface area contributed by atoms with E-state index in [1.807, 2.05) is 24.3 Å². The molecule has 3 heteroatoms. The van der Waals surface area contributed by atoms with Gasteiger partial charge in [0.15, 0.2) is 5.78 Å². The third kappa shape index (κ3) is 7.40. The average molecular weight is 285 g/mol. The molecule has 1 rings (SSSR count). The van der Waals surface area contributed by atoms with Crippen LogP contribution in [-0.2, 0) is 9.53 Å². The highest BCUT2D eigenvalue weighted by molar-refractivity contribution is 5.99. The van der Waals surface area contributed by atoms with Gasteiger partial charge in [0.25, 0.3) is 0 Å². The van der Waals surface area contributed by atoms with Crippen molar-refractivity contribution in [2.24, 2.45) is 5.73 Å². The molecule has 112 valence electrons. The van der Waals surface area contributed by atoms with Crippen molar-refractivity contribution in [3.63, 3.8) is 0 Å². The number of hydrogen-bond acceptors (Lipinski definition) is 3. The van der Waals surface area contributed by atoms with Crippen LogP contribution in [-0.4, -0.2) is 25.0 Å². The summed E-state index contributed by atoms with van der Waals surface area (Å²) in [6, 6.07) is 0. The quantitative estimate of drug-likeness (QED) is 0.551. The number of carbonyl (C=O) groups excluding carboxylic acids is 1. The summed E-state index contributed by atoms with van der Waals surface area (Å²) in [7, 11) is 0. The van der Waals surface area contributed by atoms with Gasteiger partial charge in [-0.15, -0.1) is 0 Å². The summed E-state index contributed by atoms with van der Waals surface area (Å²) in [6.07, 6.45) is 16.0. The molecule has 0 fully saturated rings. The summed E-state index contributed by atoms with van der Waals surface area (Å²) in [5.41, 5.74) is 7.25. The van der Waals surface area contributed by atoms with Crippen LogP contribution in [0.2, 0.25) is 0 Å². The van der Waals surface area contributed by atoms with Crippen molar-refractivity contribution in [1.82, 2.24) is 0 Å². The zero-order valence-corrected chi connectivity index (χ0v) is 12.3. The summed E-state index contributed by atoms with van der Waals surface area (Å²) >= 11 is 0. The van der Waals surface area contributed by atoms with Gasteiger partial charge in [-0.1, -0.05) is 49.6 Å². The standard InChI is InChI=1S/C18H23NO2/c1-3-15(2)7-10-17(20)11-8-16-5-4-6-18(12-9-16)21-14-13-19/h3-8,10-11,18H,1-2,9,12-14,19H2/b10-7+,11-8+. The first kappa shape index (κ1) is 17.1. The largest absolute Gasteiger partial charge is 0.373 e. The molecule has 0 saturated heterocycles. The molecule has 0 saturated carbocycles. The number of ketones is 1. The van der Waals surface area contributed by atoms with Crippen molar-refractivity contribution in [1.29, 1.82) is 0 Å². The predicted octanol–water partition coefficient (Wildman–Crippen LogP) is 3.03. The molecule has 2 N–H and O–H groups in total. The molecule has 0 heterocycles. The Morgan fingerprint density at radius 1 is 1.43 bits per heavy atom. The van der Waals surface area contributed by atoms with Crippen molar-refractivity contribution in [3.8, 4) is 0 Å². The second-order valence-electron chi connectivity index (χ2n) is 4.71. The van der Waals surface area contributed by atoms with Crippen LogP contribution in [0.25, 0.3) is 0 Å². The molecule has 0 aromatic rings. The minimum Gasteiger partial charge on any atom is -0.373 e. The van der Waals surface area contributed by atoms with E-state index in [2.05, 4.69) is 13.2 Å². The van der Waals surface area contributed by atoms with Crippen molar-refractivity contribution in [3.05, 3.63) is 72.9 Å². The third-order valence-corrected chi connectivity index (χ3v) is 2.99. The fourth-order valence-corrected chi connectivity index (χ4v) is 1.79. The van der Waals surface area contributed by atoms with Gasteiger partial charge in [-0.2, -0.15) is 0 Å². The molecular weight excluding hydrogens is 262 g/mol. The Balaban J connectivity index is 2.47. The van der Waals surface area contributed by atoms with Gasteiger partial charge in [-0.05, 0) is 36.1 Å². The van der Waals surface area contributed by atoms with Crippen molar-refractivity contribution >= 4 is 5.78 Å². The fraction of sp³-hybridized carbons (Fsp3) is 0.278. The van der Waals surface area contributed by atoms with E-state index in [4.69, 9.17) is 10.5 Å². The SMILES string of the molecule is C=CC(=C)/C=C/C(=O)/C=C/C1=CC=CC(OCCN)CC1. The number of rotatable bonds is 8. The summed E-state index contributed by atoms with van der Waals surface area (Å²) in [5.74, 6) is -0.0666. The van der Waals surface area contributed by atoms with Gasteiger partial charge in [-0.3, -0.25) is 4.79 Å². The van der Waals surface area contributed by atoms with Crippen molar-refractivity contribution < 1.29 is 9.53 Å². The predicted molar refractivity (Wildman–Crippen MR) is 87.9 cm³/mol. The van der Waals surface area contributed by atoms with Gasteiger partial charge in [0.2, 0.25) is 0 Å². The summed E-state index contributed by atoms with van der Waals surface area (Å²) in [6.45, 7) is 8.39. The fourth-order valence-electron chi connectivity index (χ4n) is 1.79. The molecule has 1 aliphatic rings. The van der Waals surface area contributed by atoms with Crippen LogP contribution in [0.1, 0.15) is 12.8 Å². The van der Waals surface area contributed by atoms with Crippen LogP contribution in [0.3, 0.4) is 0 Å². The molecule has 0 aromatic carbocycles. The number of allylic oxidation sites excluding steroid dienone is 9. The second-order valence-corrected chi connectivity index (χ2v) is 4.71. The average Bonchev–Trinajstić information content (AvgIpc) is 2.73. The molecule has 0 amide bonds. The molecule has 0 aromatic heterocycles. The van der Waals surface area contributed by atoms with Gasteiger partial charge in [0, 0.05) is 6.54 Å². The molecule has 0 aliphatic heterocycles. The van der Waals surface area contributed by atoms with E-state index in [1.165, 1.54) is 6.08 Å². The first-order valence-electron chi connectivity index (χ1n) is 7.06. The molecule has 0 bridgehead atoms. The van der Waals surface area contributed by atoms with Crippen molar-refractivity contribution in [2.45, 2.75) is 18.9 Å². The van der Waals surface area contributed by atoms with Gasteiger partial charge < -0.3 is 10.5 Å². The highest BCUT2D eigenvalue weighted by atomic mass is 16.5. The highest BCUT2D eigenvalue weighted by Gasteiger charge is 2.08. The second kappa shape index (κ2) is 9.86. The Kier molecular flexibility index (Phi) is 8.02. The number of hydrogen-bond donors (Lipinski definition) is 1. The number of carbonyl (C=O) groups is 1. The van der Waals surface area contributed by atoms with Crippen LogP contribution in [0.5, 0.6) is 0 Å². The minimum absolute atomic E-state index is 0.0666. The Morgan fingerprint density at radius 2 is 2.24 bits per heavy atom. The zero-order valence-electron chi connectivity index (χ0n) is 12.3. The van der Waals surface area contributed by atoms with Crippen LogP contribution >= 0.6 is 0 Å². The van der Waals surface area contributed by atoms with Gasteiger partial charge in [0.1, 0.15) is 0 Å². The van der Waals surface area contributed by atoms with E-state index in [0.717, 1.165) is 18.4 Å². The maximum atomic E-state index is 11.7. The van der Waals surface area contributed by atoms with Crippen LogP contribution < -0.4 is 5.73 Å². The van der Waals surface area contributed by atoms with Crippen molar-refractivity contribution in [2.75, 3.05) is 13.2 Å². The Morgan fingerprint density at radius 3 is 2.95 bits per heavy atom. The van der Waals surface area contributed by atoms with E-state index in [9.17, 15) is 4.79 Å². The van der Waals surface area contributed by atoms with Gasteiger partial charge >= 0.3 is 0 Å². The molecular formula is C18H23NO2. The van der Waals surface area contributed by atoms with E-state index in [0.29, 0.717) is 18.7 Å². The van der Waals surface area contributed by atoms with Crippen LogP contribution in [0, 0.1) is 0 Å². The van der Waals surface area contributed by atoms with E-state index in [-0.39, 0.29) is 11.9 Å². The maximum absolute atomic E-state index is 11.7. The third-order valence-electron chi connectivity index (χ3n) is 2.99. The zero-order chi connectivity index (χ0) is 15.5. The number of nitrogens with two attached hydrogens (primary N) is 1. The highest BCUT2D eigenvalue weighted by Crippen LogP contribution is 2.16. The topological polar surface area (TPSA) is 52.3 Å². The Bertz CT molecular complexity index is 495. The summed E-state index contributed by atoms with van der Waals surface area (Å²) in [5, 5.41) is 0. The van der Waals surface area contributed by atoms with Gasteiger partial charge in [0.05, 0.1) is 12.7 Å². The molecule has 1 atom stereocenters. The smallest absolute Gasteiger partial charge is 0.178 e. The van der Waals surface area contributed by atoms with Gasteiger partial charge in [-0.25, -0.2) is 0 Å². The first-order chi connectivity index (χ1) is 10.2. The minimum atomic E-state index is -0.0666. The molecule has 0 radical (unpaired) electrons. The van der Waals surface area contributed by atoms with E-state index in [1.54, 1.807) is 18.2 Å². The normalized spacial score (nSPS) is 18.7. The lowest BCUT2D eigenvalue weighted by atomic mass is 10.1. The van der Waals surface area contributed by atoms with E-state index >= 15 is 0 Å². The molecule has 1 aliphatic carbocycles. The lowest BCUT2D eigenvalue weighted by Crippen LogP contribution is -2.16. The summed E-state index contributed by atoms with van der Waals surface area (Å²) in [4.78, 5) is 11.7. The molecule has 21 heavy (non-hydrogen) atoms. The first-order valence-corrected chi connectivity index (χ1v) is 7.06. The molecule has 0 spiro atoms. The Hall–Kier alpha value is -1.97. The van der Waals surface area contributed by atoms with E-state index < -0.39 is 0 Å². The maximum Gasteiger partial charge on any atom is 0.178 e. The monoisotopic (exact) mass is 285 g/mol.